The van der Waals surface area contributed by atoms with Crippen molar-refractivity contribution in [2.45, 2.75) is 32.9 Å². The molecule has 1 aromatic heterocycles. The Morgan fingerprint density at radius 3 is 2.65 bits per heavy atom. The van der Waals surface area contributed by atoms with Crippen LogP contribution in [0, 0.1) is 5.82 Å². The van der Waals surface area contributed by atoms with E-state index in [2.05, 4.69) is 20.8 Å². The van der Waals surface area contributed by atoms with Crippen molar-refractivity contribution in [3.05, 3.63) is 41.5 Å². The Kier molecular flexibility index (Phi) is 4.68. The van der Waals surface area contributed by atoms with Crippen molar-refractivity contribution in [2.75, 3.05) is 11.9 Å². The predicted octanol–water partition coefficient (Wildman–Crippen LogP) is 3.05. The normalized spacial score (nSPS) is 14.0. The van der Waals surface area contributed by atoms with E-state index in [9.17, 15) is 4.39 Å². The highest BCUT2D eigenvalue weighted by Gasteiger charge is 2.16. The van der Waals surface area contributed by atoms with E-state index in [4.69, 9.17) is 4.42 Å². The number of aromatic nitrogens is 2. The number of nitrogens with zero attached hydrogens (tertiary/aromatic N) is 2. The van der Waals surface area contributed by atoms with Crippen molar-refractivity contribution >= 4 is 6.01 Å². The highest BCUT2D eigenvalue weighted by atomic mass is 19.1. The molecule has 108 valence electrons. The minimum atomic E-state index is -0.256. The number of hydrogen-bond donors (Lipinski definition) is 2. The zero-order valence-corrected chi connectivity index (χ0v) is 11.9. The quantitative estimate of drug-likeness (QED) is 0.850. The summed E-state index contributed by atoms with van der Waals surface area (Å²) in [5.41, 5.74) is 0.562. The summed E-state index contributed by atoms with van der Waals surface area (Å²) in [4.78, 5) is 0. The van der Waals surface area contributed by atoms with Gasteiger partial charge in [0, 0.05) is 5.56 Å². The minimum absolute atomic E-state index is 0.00758. The molecule has 0 saturated heterocycles. The maximum absolute atomic E-state index is 13.7. The fraction of sp³-hybridized carbons (Fsp3) is 0.429. The summed E-state index contributed by atoms with van der Waals surface area (Å²) in [6.45, 7) is 6.61. The van der Waals surface area contributed by atoms with Crippen molar-refractivity contribution in [3.63, 3.8) is 0 Å². The second-order valence-electron chi connectivity index (χ2n) is 4.61. The first kappa shape index (κ1) is 14.5. The summed E-state index contributed by atoms with van der Waals surface area (Å²) in [5.74, 6) is 0.253. The monoisotopic (exact) mass is 278 g/mol. The first-order chi connectivity index (χ1) is 9.61. The lowest BCUT2D eigenvalue weighted by atomic mass is 10.1. The van der Waals surface area contributed by atoms with Crippen LogP contribution >= 0.6 is 0 Å². The molecular formula is C14H19FN4O. The third-order valence-corrected chi connectivity index (χ3v) is 3.03. The number of rotatable bonds is 6. The van der Waals surface area contributed by atoms with Crippen LogP contribution in [0.25, 0.3) is 0 Å². The van der Waals surface area contributed by atoms with Crippen LogP contribution in [-0.4, -0.2) is 16.7 Å². The summed E-state index contributed by atoms with van der Waals surface area (Å²) in [6, 6.07) is 6.65. The average Bonchev–Trinajstić information content (AvgIpc) is 2.88. The molecule has 0 amide bonds. The summed E-state index contributed by atoms with van der Waals surface area (Å²) < 4.78 is 19.2. The van der Waals surface area contributed by atoms with Gasteiger partial charge in [-0.25, -0.2) is 4.39 Å². The number of anilines is 1. The SMILES string of the molecule is CCNC(C)c1nnc(NC(C)c2ccccc2F)o1. The van der Waals surface area contributed by atoms with Gasteiger partial charge in [-0.05, 0) is 26.5 Å². The zero-order valence-electron chi connectivity index (χ0n) is 11.9. The molecule has 2 rings (SSSR count). The molecule has 0 radical (unpaired) electrons. The number of nitrogens with one attached hydrogen (secondary N) is 2. The third-order valence-electron chi connectivity index (χ3n) is 3.03. The van der Waals surface area contributed by atoms with E-state index >= 15 is 0 Å². The van der Waals surface area contributed by atoms with Gasteiger partial charge in [0.05, 0.1) is 12.1 Å². The van der Waals surface area contributed by atoms with Gasteiger partial charge in [-0.3, -0.25) is 0 Å². The Hall–Kier alpha value is -1.95. The van der Waals surface area contributed by atoms with Gasteiger partial charge in [-0.2, -0.15) is 0 Å². The molecule has 6 heteroatoms. The standard InChI is InChI=1S/C14H19FN4O/c1-4-16-10(3)13-18-19-14(20-13)17-9(2)11-7-5-6-8-12(11)15/h5-10,16H,4H2,1-3H3,(H,17,19). The fourth-order valence-corrected chi connectivity index (χ4v) is 1.95. The van der Waals surface area contributed by atoms with Crippen LogP contribution in [0.3, 0.4) is 0 Å². The number of hydrogen-bond acceptors (Lipinski definition) is 5. The molecular weight excluding hydrogens is 259 g/mol. The predicted molar refractivity (Wildman–Crippen MR) is 74.8 cm³/mol. The van der Waals surface area contributed by atoms with Crippen molar-refractivity contribution in [3.8, 4) is 0 Å². The molecule has 0 aliphatic rings. The van der Waals surface area contributed by atoms with Crippen molar-refractivity contribution in [2.24, 2.45) is 0 Å². The topological polar surface area (TPSA) is 63.0 Å². The van der Waals surface area contributed by atoms with E-state index in [1.165, 1.54) is 6.07 Å². The summed E-state index contributed by atoms with van der Waals surface area (Å²) in [5, 5.41) is 14.1. The van der Waals surface area contributed by atoms with Gasteiger partial charge in [-0.1, -0.05) is 30.2 Å². The molecule has 2 unspecified atom stereocenters. The average molecular weight is 278 g/mol. The first-order valence-electron chi connectivity index (χ1n) is 6.69. The largest absolute Gasteiger partial charge is 0.406 e. The van der Waals surface area contributed by atoms with E-state index in [1.807, 2.05) is 20.8 Å². The minimum Gasteiger partial charge on any atom is -0.406 e. The number of benzene rings is 1. The lowest BCUT2D eigenvalue weighted by Crippen LogP contribution is -2.17. The van der Waals surface area contributed by atoms with Crippen LogP contribution < -0.4 is 10.6 Å². The smallest absolute Gasteiger partial charge is 0.316 e. The highest BCUT2D eigenvalue weighted by molar-refractivity contribution is 5.29. The lowest BCUT2D eigenvalue weighted by molar-refractivity contribution is 0.427. The molecule has 20 heavy (non-hydrogen) atoms. The van der Waals surface area contributed by atoms with Gasteiger partial charge >= 0.3 is 6.01 Å². The summed E-state index contributed by atoms with van der Waals surface area (Å²) in [6.07, 6.45) is 0. The maximum atomic E-state index is 13.7. The van der Waals surface area contributed by atoms with Gasteiger partial charge in [0.15, 0.2) is 0 Å². The third kappa shape index (κ3) is 3.33. The Balaban J connectivity index is 2.05. The Morgan fingerprint density at radius 1 is 1.20 bits per heavy atom. The van der Waals surface area contributed by atoms with E-state index in [-0.39, 0.29) is 17.9 Å². The molecule has 2 atom stereocenters. The van der Waals surface area contributed by atoms with Crippen LogP contribution in [-0.2, 0) is 0 Å². The van der Waals surface area contributed by atoms with Crippen LogP contribution in [0.2, 0.25) is 0 Å². The van der Waals surface area contributed by atoms with E-state index in [0.29, 0.717) is 17.5 Å². The molecule has 0 saturated carbocycles. The van der Waals surface area contributed by atoms with Gasteiger partial charge < -0.3 is 15.1 Å². The Bertz CT molecular complexity index is 558. The summed E-state index contributed by atoms with van der Waals surface area (Å²) >= 11 is 0. The molecule has 0 aliphatic carbocycles. The molecule has 0 bridgehead atoms. The molecule has 5 nitrogen and oxygen atoms in total. The van der Waals surface area contributed by atoms with E-state index in [1.54, 1.807) is 18.2 Å². The molecule has 1 aromatic carbocycles. The summed E-state index contributed by atoms with van der Waals surface area (Å²) in [7, 11) is 0. The van der Waals surface area contributed by atoms with Gasteiger partial charge in [0.2, 0.25) is 5.89 Å². The second-order valence-corrected chi connectivity index (χ2v) is 4.61. The van der Waals surface area contributed by atoms with Crippen molar-refractivity contribution in [1.29, 1.82) is 0 Å². The van der Waals surface area contributed by atoms with E-state index < -0.39 is 0 Å². The van der Waals surface area contributed by atoms with E-state index in [0.717, 1.165) is 6.54 Å². The molecule has 0 spiro atoms. The van der Waals surface area contributed by atoms with Crippen LogP contribution in [0.4, 0.5) is 10.4 Å². The van der Waals surface area contributed by atoms with Gasteiger partial charge in [0.1, 0.15) is 5.82 Å². The first-order valence-corrected chi connectivity index (χ1v) is 6.69. The van der Waals surface area contributed by atoms with Crippen LogP contribution in [0.5, 0.6) is 0 Å². The van der Waals surface area contributed by atoms with Gasteiger partial charge in [-0.15, -0.1) is 5.10 Å². The molecule has 2 aromatic rings. The Morgan fingerprint density at radius 2 is 1.95 bits per heavy atom. The Labute approximate surface area is 117 Å². The zero-order chi connectivity index (χ0) is 14.5. The molecule has 0 fully saturated rings. The van der Waals surface area contributed by atoms with Crippen molar-refractivity contribution < 1.29 is 8.81 Å². The van der Waals surface area contributed by atoms with Crippen LogP contribution in [0.15, 0.2) is 28.7 Å². The molecule has 2 N–H and O–H groups in total. The second kappa shape index (κ2) is 6.47. The maximum Gasteiger partial charge on any atom is 0.316 e. The lowest BCUT2D eigenvalue weighted by Gasteiger charge is -2.13. The number of halogens is 1. The molecule has 1 heterocycles. The van der Waals surface area contributed by atoms with Crippen LogP contribution in [0.1, 0.15) is 44.3 Å². The highest BCUT2D eigenvalue weighted by Crippen LogP contribution is 2.21. The van der Waals surface area contributed by atoms with Crippen molar-refractivity contribution in [1.82, 2.24) is 15.5 Å². The fourth-order valence-electron chi connectivity index (χ4n) is 1.95. The van der Waals surface area contributed by atoms with Gasteiger partial charge in [0.25, 0.3) is 0 Å². The molecule has 0 aliphatic heterocycles.